The zero-order valence-corrected chi connectivity index (χ0v) is 10.9. The van der Waals surface area contributed by atoms with Crippen molar-refractivity contribution in [3.8, 4) is 11.4 Å². The largest absolute Gasteiger partial charge is 0.481 e. The van der Waals surface area contributed by atoms with Crippen LogP contribution in [-0.2, 0) is 11.3 Å². The molecule has 0 amide bonds. The number of hydrogen-bond donors (Lipinski definition) is 1. The molecule has 2 aromatic rings. The number of halogens is 3. The quantitative estimate of drug-likeness (QED) is 0.911. The summed E-state index contributed by atoms with van der Waals surface area (Å²) in [6.45, 7) is 1.70. The molecular formula is C12H11F3N4O2. The van der Waals surface area contributed by atoms with E-state index < -0.39 is 29.0 Å². The molecule has 9 heteroatoms. The van der Waals surface area contributed by atoms with E-state index in [-0.39, 0.29) is 24.7 Å². The lowest BCUT2D eigenvalue weighted by Gasteiger charge is -2.10. The number of benzene rings is 1. The van der Waals surface area contributed by atoms with Gasteiger partial charge in [-0.25, -0.2) is 17.9 Å². The second-order valence-corrected chi connectivity index (χ2v) is 4.63. The highest BCUT2D eigenvalue weighted by Crippen LogP contribution is 2.25. The maximum atomic E-state index is 13.7. The molecule has 1 atom stereocenters. The average Bonchev–Trinajstić information content (AvgIpc) is 2.74. The van der Waals surface area contributed by atoms with Crippen LogP contribution in [0.4, 0.5) is 13.2 Å². The molecule has 1 heterocycles. The van der Waals surface area contributed by atoms with Crippen LogP contribution in [0.15, 0.2) is 12.1 Å². The summed E-state index contributed by atoms with van der Waals surface area (Å²) >= 11 is 0. The molecule has 21 heavy (non-hydrogen) atoms. The summed E-state index contributed by atoms with van der Waals surface area (Å²) in [7, 11) is 0. The van der Waals surface area contributed by atoms with E-state index in [2.05, 4.69) is 15.5 Å². The average molecular weight is 300 g/mol. The third-order valence-electron chi connectivity index (χ3n) is 2.77. The lowest BCUT2D eigenvalue weighted by Crippen LogP contribution is -2.14. The first-order valence-electron chi connectivity index (χ1n) is 6.01. The standard InChI is InChI=1S/C12H11F3N4O2/c1-6(2-10(20)21)5-19-12(16-17-18-19)11-8(14)3-7(13)4-9(11)15/h3-4,6H,2,5H2,1H3,(H,20,21). The third-order valence-corrected chi connectivity index (χ3v) is 2.77. The number of hydrogen-bond acceptors (Lipinski definition) is 4. The minimum atomic E-state index is -1.13. The first-order chi connectivity index (χ1) is 9.88. The van der Waals surface area contributed by atoms with Gasteiger partial charge in [0.25, 0.3) is 0 Å². The molecule has 2 rings (SSSR count). The van der Waals surface area contributed by atoms with Gasteiger partial charge in [0, 0.05) is 25.1 Å². The molecule has 0 saturated heterocycles. The molecule has 0 aliphatic carbocycles. The molecule has 0 aliphatic rings. The van der Waals surface area contributed by atoms with Gasteiger partial charge in [-0.2, -0.15) is 0 Å². The highest BCUT2D eigenvalue weighted by atomic mass is 19.1. The lowest BCUT2D eigenvalue weighted by atomic mass is 10.1. The van der Waals surface area contributed by atoms with E-state index in [1.165, 1.54) is 0 Å². The van der Waals surface area contributed by atoms with Crippen molar-refractivity contribution >= 4 is 5.97 Å². The number of carboxylic acid groups (broad SMARTS) is 1. The van der Waals surface area contributed by atoms with Gasteiger partial charge in [-0.15, -0.1) is 5.10 Å². The van der Waals surface area contributed by atoms with Crippen molar-refractivity contribution < 1.29 is 23.1 Å². The van der Waals surface area contributed by atoms with Crippen LogP contribution >= 0.6 is 0 Å². The molecular weight excluding hydrogens is 289 g/mol. The Labute approximate surface area is 117 Å². The Morgan fingerprint density at radius 2 is 1.95 bits per heavy atom. The minimum Gasteiger partial charge on any atom is -0.481 e. The van der Waals surface area contributed by atoms with Crippen molar-refractivity contribution in [2.45, 2.75) is 19.9 Å². The number of rotatable bonds is 5. The molecule has 0 spiro atoms. The van der Waals surface area contributed by atoms with Crippen LogP contribution in [0.25, 0.3) is 11.4 Å². The van der Waals surface area contributed by atoms with E-state index in [4.69, 9.17) is 5.11 Å². The number of aliphatic carboxylic acids is 1. The fourth-order valence-electron chi connectivity index (χ4n) is 1.92. The van der Waals surface area contributed by atoms with E-state index in [0.717, 1.165) is 4.68 Å². The van der Waals surface area contributed by atoms with Crippen molar-refractivity contribution in [2.75, 3.05) is 0 Å². The van der Waals surface area contributed by atoms with Gasteiger partial charge in [0.15, 0.2) is 5.82 Å². The predicted molar refractivity (Wildman–Crippen MR) is 64.5 cm³/mol. The van der Waals surface area contributed by atoms with Crippen LogP contribution in [0.5, 0.6) is 0 Å². The molecule has 0 fully saturated rings. The van der Waals surface area contributed by atoms with Crippen molar-refractivity contribution in [3.63, 3.8) is 0 Å². The minimum absolute atomic E-state index is 0.0604. The topological polar surface area (TPSA) is 80.9 Å². The molecule has 6 nitrogen and oxygen atoms in total. The van der Waals surface area contributed by atoms with Gasteiger partial charge in [-0.1, -0.05) is 6.92 Å². The normalized spacial score (nSPS) is 12.4. The summed E-state index contributed by atoms with van der Waals surface area (Å²) in [6.07, 6.45) is -0.145. The Kier molecular flexibility index (Phi) is 4.20. The van der Waals surface area contributed by atoms with E-state index in [0.29, 0.717) is 12.1 Å². The van der Waals surface area contributed by atoms with Gasteiger partial charge in [0.05, 0.1) is 5.56 Å². The second-order valence-electron chi connectivity index (χ2n) is 4.63. The van der Waals surface area contributed by atoms with Gasteiger partial charge in [0.1, 0.15) is 17.5 Å². The second kappa shape index (κ2) is 5.90. The predicted octanol–water partition coefficient (Wildman–Crippen LogP) is 1.87. The number of carboxylic acids is 1. The van der Waals surface area contributed by atoms with Crippen LogP contribution in [0.3, 0.4) is 0 Å². The van der Waals surface area contributed by atoms with Crippen LogP contribution in [0.2, 0.25) is 0 Å². The Bertz CT molecular complexity index is 651. The van der Waals surface area contributed by atoms with Crippen LogP contribution < -0.4 is 0 Å². The van der Waals surface area contributed by atoms with Gasteiger partial charge in [-0.3, -0.25) is 4.79 Å². The Morgan fingerprint density at radius 3 is 2.52 bits per heavy atom. The summed E-state index contributed by atoms with van der Waals surface area (Å²) in [6, 6.07) is 1.05. The molecule has 1 unspecified atom stereocenters. The van der Waals surface area contributed by atoms with E-state index >= 15 is 0 Å². The van der Waals surface area contributed by atoms with Crippen molar-refractivity contribution in [3.05, 3.63) is 29.6 Å². The number of carbonyl (C=O) groups is 1. The first-order valence-corrected chi connectivity index (χ1v) is 6.01. The monoisotopic (exact) mass is 300 g/mol. The summed E-state index contributed by atoms with van der Waals surface area (Å²) in [5.41, 5.74) is -0.552. The molecule has 0 radical (unpaired) electrons. The fourth-order valence-corrected chi connectivity index (χ4v) is 1.92. The first kappa shape index (κ1) is 14.9. The Morgan fingerprint density at radius 1 is 1.33 bits per heavy atom. The molecule has 1 N–H and O–H groups in total. The highest BCUT2D eigenvalue weighted by Gasteiger charge is 2.21. The molecule has 0 saturated carbocycles. The van der Waals surface area contributed by atoms with Gasteiger partial charge >= 0.3 is 5.97 Å². The van der Waals surface area contributed by atoms with E-state index in [9.17, 15) is 18.0 Å². The van der Waals surface area contributed by atoms with Crippen molar-refractivity contribution in [1.82, 2.24) is 20.2 Å². The summed E-state index contributed by atoms with van der Waals surface area (Å²) in [4.78, 5) is 10.6. The van der Waals surface area contributed by atoms with Crippen LogP contribution in [-0.4, -0.2) is 31.3 Å². The summed E-state index contributed by atoms with van der Waals surface area (Å²) in [5, 5.41) is 19.1. The molecule has 0 aliphatic heterocycles. The van der Waals surface area contributed by atoms with Gasteiger partial charge < -0.3 is 5.11 Å². The fraction of sp³-hybridized carbons (Fsp3) is 0.333. The van der Waals surface area contributed by atoms with E-state index in [1.807, 2.05) is 0 Å². The third kappa shape index (κ3) is 3.36. The van der Waals surface area contributed by atoms with Gasteiger partial charge in [0.2, 0.25) is 0 Å². The maximum Gasteiger partial charge on any atom is 0.303 e. The van der Waals surface area contributed by atoms with Crippen LogP contribution in [0.1, 0.15) is 13.3 Å². The lowest BCUT2D eigenvalue weighted by molar-refractivity contribution is -0.138. The smallest absolute Gasteiger partial charge is 0.303 e. The maximum absolute atomic E-state index is 13.7. The number of nitrogens with zero attached hydrogens (tertiary/aromatic N) is 4. The van der Waals surface area contributed by atoms with Crippen molar-refractivity contribution in [2.24, 2.45) is 5.92 Å². The van der Waals surface area contributed by atoms with E-state index in [1.54, 1.807) is 6.92 Å². The Balaban J connectivity index is 2.35. The number of tetrazole rings is 1. The summed E-state index contributed by atoms with van der Waals surface area (Å²) in [5.74, 6) is -4.88. The molecule has 0 bridgehead atoms. The van der Waals surface area contributed by atoms with Crippen LogP contribution in [0, 0.1) is 23.4 Å². The van der Waals surface area contributed by atoms with Crippen molar-refractivity contribution in [1.29, 1.82) is 0 Å². The molecule has 112 valence electrons. The van der Waals surface area contributed by atoms with Gasteiger partial charge in [-0.05, 0) is 16.3 Å². The zero-order valence-electron chi connectivity index (χ0n) is 10.9. The SMILES string of the molecule is CC(CC(=O)O)Cn1nnnc1-c1c(F)cc(F)cc1F. The Hall–Kier alpha value is -2.45. The number of aromatic nitrogens is 4. The molecule has 1 aromatic heterocycles. The molecule has 1 aromatic carbocycles. The highest BCUT2D eigenvalue weighted by molar-refractivity contribution is 5.67. The summed E-state index contributed by atoms with van der Waals surface area (Å²) < 4.78 is 41.4. The zero-order chi connectivity index (χ0) is 15.6.